The van der Waals surface area contributed by atoms with Crippen molar-refractivity contribution in [1.82, 2.24) is 4.90 Å². The lowest BCUT2D eigenvalue weighted by Crippen LogP contribution is -2.46. The van der Waals surface area contributed by atoms with Crippen LogP contribution in [0.25, 0.3) is 9.40 Å². The van der Waals surface area contributed by atoms with Gasteiger partial charge in [0, 0.05) is 48.7 Å². The van der Waals surface area contributed by atoms with Crippen molar-refractivity contribution in [2.45, 2.75) is 13.5 Å². The Labute approximate surface area is 173 Å². The third-order valence-electron chi connectivity index (χ3n) is 5.04. The van der Waals surface area contributed by atoms with Gasteiger partial charge in [-0.05, 0) is 42.6 Å². The molecule has 1 aliphatic heterocycles. The minimum atomic E-state index is -0.192. The van der Waals surface area contributed by atoms with E-state index in [2.05, 4.69) is 33.4 Å². The van der Waals surface area contributed by atoms with Crippen molar-refractivity contribution >= 4 is 43.7 Å². The summed E-state index contributed by atoms with van der Waals surface area (Å²) >= 11 is 3.27. The van der Waals surface area contributed by atoms with Crippen molar-refractivity contribution in [2.75, 3.05) is 44.8 Å². The molecule has 28 heavy (non-hydrogen) atoms. The quantitative estimate of drug-likeness (QED) is 0.555. The normalized spacial score (nSPS) is 15.1. The van der Waals surface area contributed by atoms with Crippen LogP contribution in [-0.4, -0.2) is 50.8 Å². The van der Waals surface area contributed by atoms with E-state index >= 15 is 0 Å². The molecule has 0 N–H and O–H groups in total. The van der Waals surface area contributed by atoms with Crippen LogP contribution in [0.4, 0.5) is 5.69 Å². The molecule has 0 radical (unpaired) electrons. The van der Waals surface area contributed by atoms with Crippen LogP contribution in [0.1, 0.15) is 22.2 Å². The lowest BCUT2D eigenvalue weighted by molar-refractivity contribution is 0.0530. The molecule has 3 heterocycles. The number of hydrogen-bond donors (Lipinski definition) is 0. The Morgan fingerprint density at radius 2 is 1.86 bits per heavy atom. The topological polar surface area (TPSA) is 42.0 Å². The lowest BCUT2D eigenvalue weighted by atomic mass is 10.2. The summed E-state index contributed by atoms with van der Waals surface area (Å²) in [7, 11) is 1.69. The molecule has 1 saturated heterocycles. The van der Waals surface area contributed by atoms with Crippen LogP contribution in [0.3, 0.4) is 0 Å². The number of rotatable bonds is 6. The summed E-state index contributed by atoms with van der Waals surface area (Å²) in [6.45, 7) is 6.94. The number of esters is 1. The number of benzene rings is 1. The van der Waals surface area contributed by atoms with Gasteiger partial charge < -0.3 is 14.4 Å². The average Bonchev–Trinajstić information content (AvgIpc) is 3.31. The smallest absolute Gasteiger partial charge is 0.348 e. The summed E-state index contributed by atoms with van der Waals surface area (Å²) in [6.07, 6.45) is 0. The van der Waals surface area contributed by atoms with Crippen molar-refractivity contribution in [2.24, 2.45) is 0 Å². The first-order valence-electron chi connectivity index (χ1n) is 9.47. The SMILES string of the molecule is CCOC(=O)c1sc2ccsc2c1CN1CCN(c2ccc(OC)cc2)CC1. The minimum absolute atomic E-state index is 0.192. The van der Waals surface area contributed by atoms with Crippen LogP contribution in [0.2, 0.25) is 0 Å². The zero-order valence-corrected chi connectivity index (χ0v) is 17.8. The van der Waals surface area contributed by atoms with Crippen molar-refractivity contribution in [3.05, 3.63) is 46.2 Å². The molecule has 7 heteroatoms. The highest BCUT2D eigenvalue weighted by Crippen LogP contribution is 2.37. The number of thiophene rings is 2. The molecule has 1 aliphatic rings. The Balaban J connectivity index is 1.45. The number of hydrogen-bond acceptors (Lipinski definition) is 7. The number of anilines is 1. The van der Waals surface area contributed by atoms with Gasteiger partial charge in [-0.2, -0.15) is 0 Å². The number of methoxy groups -OCH3 is 1. The Bertz CT molecular complexity index is 940. The standard InChI is InChI=1S/C21H24N2O3S2/c1-3-26-21(24)20-17(19-18(28-20)8-13-27-19)14-22-9-11-23(12-10-22)15-4-6-16(25-2)7-5-15/h4-8,13H,3,9-12,14H2,1-2H3. The number of fused-ring (bicyclic) bond motifs is 1. The number of carbonyl (C=O) groups excluding carboxylic acids is 1. The molecule has 0 amide bonds. The van der Waals surface area contributed by atoms with E-state index in [0.717, 1.165) is 48.9 Å². The summed E-state index contributed by atoms with van der Waals surface area (Å²) in [6, 6.07) is 10.3. The van der Waals surface area contributed by atoms with Gasteiger partial charge in [0.15, 0.2) is 0 Å². The van der Waals surface area contributed by atoms with E-state index in [4.69, 9.17) is 9.47 Å². The van der Waals surface area contributed by atoms with Gasteiger partial charge in [-0.1, -0.05) is 0 Å². The summed E-state index contributed by atoms with van der Waals surface area (Å²) in [5, 5.41) is 2.10. The average molecular weight is 417 g/mol. The molecule has 2 aromatic heterocycles. The minimum Gasteiger partial charge on any atom is -0.497 e. The fourth-order valence-corrected chi connectivity index (χ4v) is 5.82. The molecule has 3 aromatic rings. The first-order valence-corrected chi connectivity index (χ1v) is 11.2. The largest absolute Gasteiger partial charge is 0.497 e. The molecule has 4 rings (SSSR count). The van der Waals surface area contributed by atoms with Crippen LogP contribution < -0.4 is 9.64 Å². The highest BCUT2D eigenvalue weighted by Gasteiger charge is 2.24. The number of nitrogens with zero attached hydrogens (tertiary/aromatic N) is 2. The molecular weight excluding hydrogens is 392 g/mol. The molecule has 1 aromatic carbocycles. The summed E-state index contributed by atoms with van der Waals surface area (Å²) in [4.78, 5) is 18.0. The van der Waals surface area contributed by atoms with Crippen LogP contribution in [0.15, 0.2) is 35.7 Å². The Kier molecular flexibility index (Phi) is 5.85. The Morgan fingerprint density at radius 1 is 1.11 bits per heavy atom. The van der Waals surface area contributed by atoms with Gasteiger partial charge in [0.2, 0.25) is 0 Å². The van der Waals surface area contributed by atoms with Crippen molar-refractivity contribution < 1.29 is 14.3 Å². The molecule has 0 aliphatic carbocycles. The highest BCUT2D eigenvalue weighted by atomic mass is 32.1. The predicted molar refractivity (Wildman–Crippen MR) is 116 cm³/mol. The van der Waals surface area contributed by atoms with Crippen molar-refractivity contribution in [3.63, 3.8) is 0 Å². The second-order valence-corrected chi connectivity index (χ2v) is 8.67. The fraction of sp³-hybridized carbons (Fsp3) is 0.381. The van der Waals surface area contributed by atoms with Crippen molar-refractivity contribution in [1.29, 1.82) is 0 Å². The third-order valence-corrected chi connectivity index (χ3v) is 7.32. The van der Waals surface area contributed by atoms with Gasteiger partial charge in [-0.25, -0.2) is 4.79 Å². The summed E-state index contributed by atoms with van der Waals surface area (Å²) < 4.78 is 12.9. The zero-order chi connectivity index (χ0) is 19.5. The predicted octanol–water partition coefficient (Wildman–Crippen LogP) is 4.47. The number of ether oxygens (including phenoxy) is 2. The van der Waals surface area contributed by atoms with E-state index < -0.39 is 0 Å². The van der Waals surface area contributed by atoms with Crippen LogP contribution >= 0.6 is 22.7 Å². The second kappa shape index (κ2) is 8.51. The Hall–Kier alpha value is -2.09. The molecule has 1 fully saturated rings. The maximum absolute atomic E-state index is 12.4. The first kappa shape index (κ1) is 19.2. The highest BCUT2D eigenvalue weighted by molar-refractivity contribution is 7.28. The Morgan fingerprint density at radius 3 is 2.54 bits per heavy atom. The molecule has 0 bridgehead atoms. The third kappa shape index (κ3) is 3.87. The van der Waals surface area contributed by atoms with Crippen molar-refractivity contribution in [3.8, 4) is 5.75 Å². The molecule has 148 valence electrons. The summed E-state index contributed by atoms with van der Waals surface area (Å²) in [5.74, 6) is 0.689. The van der Waals surface area contributed by atoms with Crippen LogP contribution in [-0.2, 0) is 11.3 Å². The lowest BCUT2D eigenvalue weighted by Gasteiger charge is -2.36. The van der Waals surface area contributed by atoms with Crippen LogP contribution in [0, 0.1) is 0 Å². The summed E-state index contributed by atoms with van der Waals surface area (Å²) in [5.41, 5.74) is 2.36. The van der Waals surface area contributed by atoms with Crippen LogP contribution in [0.5, 0.6) is 5.75 Å². The maximum Gasteiger partial charge on any atom is 0.348 e. The molecule has 0 saturated carbocycles. The molecule has 0 atom stereocenters. The van der Waals surface area contributed by atoms with Gasteiger partial charge in [0.1, 0.15) is 10.6 Å². The van der Waals surface area contributed by atoms with E-state index in [-0.39, 0.29) is 5.97 Å². The van der Waals surface area contributed by atoms with Gasteiger partial charge in [0.05, 0.1) is 18.4 Å². The molecular formula is C21H24N2O3S2. The first-order chi connectivity index (χ1) is 13.7. The maximum atomic E-state index is 12.4. The van der Waals surface area contributed by atoms with Gasteiger partial charge in [0.25, 0.3) is 0 Å². The van der Waals surface area contributed by atoms with E-state index in [0.29, 0.717) is 6.61 Å². The monoisotopic (exact) mass is 416 g/mol. The number of carbonyl (C=O) groups is 1. The van der Waals surface area contributed by atoms with E-state index in [1.807, 2.05) is 19.1 Å². The number of piperazine rings is 1. The molecule has 0 unspecified atom stereocenters. The molecule has 0 spiro atoms. The van der Waals surface area contributed by atoms with Gasteiger partial charge in [-0.15, -0.1) is 22.7 Å². The van der Waals surface area contributed by atoms with E-state index in [9.17, 15) is 4.79 Å². The zero-order valence-electron chi connectivity index (χ0n) is 16.1. The van der Waals surface area contributed by atoms with E-state index in [1.165, 1.54) is 15.1 Å². The molecule has 5 nitrogen and oxygen atoms in total. The fourth-order valence-electron chi connectivity index (χ4n) is 3.56. The van der Waals surface area contributed by atoms with E-state index in [1.54, 1.807) is 29.8 Å². The second-order valence-electron chi connectivity index (χ2n) is 6.71. The van der Waals surface area contributed by atoms with Gasteiger partial charge >= 0.3 is 5.97 Å². The van der Waals surface area contributed by atoms with Gasteiger partial charge in [-0.3, -0.25) is 4.90 Å².